The first-order chi connectivity index (χ1) is 14.3. The molecule has 0 saturated carbocycles. The van der Waals surface area contributed by atoms with Crippen molar-refractivity contribution >= 4 is 16.6 Å². The summed E-state index contributed by atoms with van der Waals surface area (Å²) in [5.74, 6) is -2.66. The third-order valence-corrected chi connectivity index (χ3v) is 5.56. The molecule has 4 rings (SSSR count). The number of nitrogens with zero attached hydrogens (tertiary/aromatic N) is 5. The summed E-state index contributed by atoms with van der Waals surface area (Å²) in [5.41, 5.74) is 2.47. The molecule has 0 atom stereocenters. The maximum Gasteiger partial charge on any atom is 0.257 e. The zero-order valence-corrected chi connectivity index (χ0v) is 17.2. The van der Waals surface area contributed by atoms with Crippen molar-refractivity contribution in [1.82, 2.24) is 24.6 Å². The Balaban J connectivity index is 1.43. The quantitative estimate of drug-likeness (QED) is 0.619. The number of piperidine rings is 1. The number of alkyl halides is 2. The second-order valence-corrected chi connectivity index (χ2v) is 8.26. The van der Waals surface area contributed by atoms with Crippen molar-refractivity contribution < 1.29 is 13.6 Å². The van der Waals surface area contributed by atoms with Crippen LogP contribution in [0.5, 0.6) is 0 Å². The van der Waals surface area contributed by atoms with Crippen molar-refractivity contribution in [2.24, 2.45) is 13.0 Å². The molecule has 0 unspecified atom stereocenters. The number of aryl methyl sites for hydroxylation is 1. The maximum absolute atomic E-state index is 13.2. The number of fused-ring (bicyclic) bond motifs is 1. The van der Waals surface area contributed by atoms with E-state index in [0.29, 0.717) is 25.9 Å². The van der Waals surface area contributed by atoms with Crippen LogP contribution >= 0.6 is 0 Å². The Morgan fingerprint density at radius 1 is 1.13 bits per heavy atom. The number of ketones is 1. The molecule has 0 radical (unpaired) electrons. The highest BCUT2D eigenvalue weighted by Gasteiger charge is 2.30. The van der Waals surface area contributed by atoms with Crippen LogP contribution in [-0.4, -0.2) is 56.0 Å². The predicted octanol–water partition coefficient (Wildman–Crippen LogP) is 3.51. The van der Waals surface area contributed by atoms with Gasteiger partial charge in [0.25, 0.3) is 5.92 Å². The van der Waals surface area contributed by atoms with Crippen LogP contribution in [0.15, 0.2) is 36.9 Å². The third-order valence-electron chi connectivity index (χ3n) is 5.56. The molecule has 0 amide bonds. The SMILES string of the molecule is Cn1cc(-c2cc3cc(CC(=O)C4CCN(CC(C)(F)F)CC4)ncc3cn2)cn1. The number of hydrogen-bond donors (Lipinski definition) is 0. The number of rotatable bonds is 6. The van der Waals surface area contributed by atoms with Gasteiger partial charge in [0.15, 0.2) is 0 Å². The summed E-state index contributed by atoms with van der Waals surface area (Å²) in [7, 11) is 1.86. The summed E-state index contributed by atoms with van der Waals surface area (Å²) in [6.45, 7) is 1.76. The van der Waals surface area contributed by atoms with Gasteiger partial charge >= 0.3 is 0 Å². The third kappa shape index (κ3) is 4.87. The highest BCUT2D eigenvalue weighted by molar-refractivity contribution is 5.87. The van der Waals surface area contributed by atoms with Gasteiger partial charge in [0.1, 0.15) is 5.78 Å². The van der Waals surface area contributed by atoms with Crippen molar-refractivity contribution in [2.45, 2.75) is 32.1 Å². The van der Waals surface area contributed by atoms with Gasteiger partial charge in [-0.1, -0.05) is 0 Å². The van der Waals surface area contributed by atoms with Gasteiger partial charge < -0.3 is 0 Å². The molecule has 1 aliphatic heterocycles. The minimum absolute atomic E-state index is 0.0902. The lowest BCUT2D eigenvalue weighted by Crippen LogP contribution is -2.42. The summed E-state index contributed by atoms with van der Waals surface area (Å²) in [6.07, 6.45) is 8.69. The Kier molecular flexibility index (Phi) is 5.60. The molecular weight excluding hydrogens is 388 g/mol. The number of aromatic nitrogens is 4. The predicted molar refractivity (Wildman–Crippen MR) is 110 cm³/mol. The summed E-state index contributed by atoms with van der Waals surface area (Å²) in [5, 5.41) is 6.06. The van der Waals surface area contributed by atoms with E-state index in [1.54, 1.807) is 28.2 Å². The van der Waals surface area contributed by atoms with E-state index in [2.05, 4.69) is 15.1 Å². The van der Waals surface area contributed by atoms with Crippen LogP contribution in [0.2, 0.25) is 0 Å². The zero-order chi connectivity index (χ0) is 21.3. The smallest absolute Gasteiger partial charge is 0.257 e. The molecule has 6 nitrogen and oxygen atoms in total. The van der Waals surface area contributed by atoms with Gasteiger partial charge in [0.2, 0.25) is 0 Å². The molecule has 1 fully saturated rings. The minimum atomic E-state index is -2.70. The van der Waals surface area contributed by atoms with E-state index in [4.69, 9.17) is 0 Å². The lowest BCUT2D eigenvalue weighted by atomic mass is 9.90. The van der Waals surface area contributed by atoms with E-state index in [1.165, 1.54) is 0 Å². The fraction of sp³-hybridized carbons (Fsp3) is 0.455. The van der Waals surface area contributed by atoms with Crippen molar-refractivity contribution in [3.63, 3.8) is 0 Å². The Labute approximate surface area is 173 Å². The number of halogens is 2. The fourth-order valence-electron chi connectivity index (χ4n) is 4.02. The number of pyridine rings is 2. The molecule has 1 aliphatic rings. The maximum atomic E-state index is 13.2. The largest absolute Gasteiger partial charge is 0.299 e. The summed E-state index contributed by atoms with van der Waals surface area (Å²) < 4.78 is 28.1. The van der Waals surface area contributed by atoms with Crippen LogP contribution in [0, 0.1) is 5.92 Å². The van der Waals surface area contributed by atoms with Crippen molar-refractivity contribution in [1.29, 1.82) is 0 Å². The van der Waals surface area contributed by atoms with Crippen molar-refractivity contribution in [3.8, 4) is 11.3 Å². The summed E-state index contributed by atoms with van der Waals surface area (Å²) >= 11 is 0. The van der Waals surface area contributed by atoms with Gasteiger partial charge in [0, 0.05) is 61.5 Å². The summed E-state index contributed by atoms with van der Waals surface area (Å²) in [4.78, 5) is 23.4. The van der Waals surface area contributed by atoms with Gasteiger partial charge in [-0.3, -0.25) is 24.3 Å². The first-order valence-electron chi connectivity index (χ1n) is 10.1. The van der Waals surface area contributed by atoms with Gasteiger partial charge in [0.05, 0.1) is 18.4 Å². The first kappa shape index (κ1) is 20.5. The van der Waals surface area contributed by atoms with Crippen LogP contribution in [0.1, 0.15) is 25.5 Å². The highest BCUT2D eigenvalue weighted by Crippen LogP contribution is 2.25. The zero-order valence-electron chi connectivity index (χ0n) is 17.2. The van der Waals surface area contributed by atoms with E-state index in [1.807, 2.05) is 25.4 Å². The van der Waals surface area contributed by atoms with E-state index in [0.717, 1.165) is 34.6 Å². The normalized spacial score (nSPS) is 16.3. The fourth-order valence-corrected chi connectivity index (χ4v) is 4.02. The molecular formula is C22H25F2N5O. The van der Waals surface area contributed by atoms with E-state index < -0.39 is 5.92 Å². The van der Waals surface area contributed by atoms with E-state index in [9.17, 15) is 13.6 Å². The monoisotopic (exact) mass is 413 g/mol. The molecule has 0 aliphatic carbocycles. The second kappa shape index (κ2) is 8.18. The Morgan fingerprint density at radius 2 is 1.87 bits per heavy atom. The van der Waals surface area contributed by atoms with Gasteiger partial charge in [-0.2, -0.15) is 5.10 Å². The molecule has 4 heterocycles. The van der Waals surface area contributed by atoms with Crippen LogP contribution in [0.3, 0.4) is 0 Å². The molecule has 8 heteroatoms. The minimum Gasteiger partial charge on any atom is -0.299 e. The molecule has 3 aromatic rings. The Bertz CT molecular complexity index is 1050. The van der Waals surface area contributed by atoms with Crippen molar-refractivity contribution in [2.75, 3.05) is 19.6 Å². The van der Waals surface area contributed by atoms with Crippen LogP contribution in [0.25, 0.3) is 22.0 Å². The van der Waals surface area contributed by atoms with Crippen LogP contribution in [-0.2, 0) is 18.3 Å². The lowest BCUT2D eigenvalue weighted by molar-refractivity contribution is -0.124. The highest BCUT2D eigenvalue weighted by atomic mass is 19.3. The number of hydrogen-bond acceptors (Lipinski definition) is 5. The standard InChI is InChI=1S/C22H25F2N5O/c1-22(23,24)14-29-5-3-15(4-6-29)21(30)9-19-7-16-8-20(18-12-27-28(2)13-18)26-11-17(16)10-25-19/h7-8,10-13,15H,3-6,9,14H2,1-2H3. The number of Topliss-reactive ketones (excluding diaryl/α,β-unsaturated/α-hetero) is 1. The molecule has 0 bridgehead atoms. The molecule has 0 aromatic carbocycles. The number of carbonyl (C=O) groups is 1. The molecule has 158 valence electrons. The van der Waals surface area contributed by atoms with Crippen molar-refractivity contribution in [3.05, 3.63) is 42.6 Å². The average Bonchev–Trinajstić information content (AvgIpc) is 3.13. The topological polar surface area (TPSA) is 63.9 Å². The first-order valence-corrected chi connectivity index (χ1v) is 10.1. The van der Waals surface area contributed by atoms with Crippen LogP contribution < -0.4 is 0 Å². The number of carbonyl (C=O) groups excluding carboxylic acids is 1. The Morgan fingerprint density at radius 3 is 2.53 bits per heavy atom. The lowest BCUT2D eigenvalue weighted by Gasteiger charge is -2.32. The van der Waals surface area contributed by atoms with Crippen LogP contribution in [0.4, 0.5) is 8.78 Å². The van der Waals surface area contributed by atoms with E-state index in [-0.39, 0.29) is 24.7 Å². The van der Waals surface area contributed by atoms with Gasteiger partial charge in [-0.05, 0) is 43.5 Å². The van der Waals surface area contributed by atoms with Gasteiger partial charge in [-0.25, -0.2) is 8.78 Å². The summed E-state index contributed by atoms with van der Waals surface area (Å²) in [6, 6.07) is 3.91. The van der Waals surface area contributed by atoms with E-state index >= 15 is 0 Å². The molecule has 0 spiro atoms. The molecule has 0 N–H and O–H groups in total. The molecule has 1 saturated heterocycles. The average molecular weight is 413 g/mol. The molecule has 3 aromatic heterocycles. The Hall–Kier alpha value is -2.74. The second-order valence-electron chi connectivity index (χ2n) is 8.26. The number of likely N-dealkylation sites (tertiary alicyclic amines) is 1. The molecule has 30 heavy (non-hydrogen) atoms. The van der Waals surface area contributed by atoms with Gasteiger partial charge in [-0.15, -0.1) is 0 Å².